The Balaban J connectivity index is 2.18. The molecule has 1 aromatic rings. The van der Waals surface area contributed by atoms with Crippen LogP contribution in [-0.4, -0.2) is 39.8 Å². The summed E-state index contributed by atoms with van der Waals surface area (Å²) < 4.78 is 32.0. The van der Waals surface area contributed by atoms with Gasteiger partial charge in [-0.3, -0.25) is 0 Å². The van der Waals surface area contributed by atoms with E-state index in [1.54, 1.807) is 30.3 Å². The van der Waals surface area contributed by atoms with Crippen molar-refractivity contribution in [1.82, 2.24) is 0 Å². The Bertz CT molecular complexity index is 415. The molecule has 4 atom stereocenters. The summed E-state index contributed by atoms with van der Waals surface area (Å²) in [4.78, 5) is 0.724. The molecule has 0 spiro atoms. The Hall–Kier alpha value is -0.400. The zero-order chi connectivity index (χ0) is 14.0. The second-order valence-electron chi connectivity index (χ2n) is 4.26. The molecule has 0 aliphatic carbocycles. The lowest BCUT2D eigenvalue weighted by Crippen LogP contribution is -2.53. The predicted molar refractivity (Wildman–Crippen MR) is 68.3 cm³/mol. The summed E-state index contributed by atoms with van der Waals surface area (Å²) in [6, 6.07) is 8.83. The fourth-order valence-electron chi connectivity index (χ4n) is 1.88. The minimum absolute atomic E-state index is 0.199. The van der Waals surface area contributed by atoms with Gasteiger partial charge in [-0.1, -0.05) is 30.0 Å². The number of hydrogen-bond donors (Lipinski definition) is 2. The van der Waals surface area contributed by atoms with Gasteiger partial charge in [0.2, 0.25) is 0 Å². The number of benzene rings is 1. The van der Waals surface area contributed by atoms with Crippen molar-refractivity contribution in [3.63, 3.8) is 0 Å². The highest BCUT2D eigenvalue weighted by Crippen LogP contribution is 2.44. The molecule has 19 heavy (non-hydrogen) atoms. The molecule has 0 bridgehead atoms. The average molecular weight is 311 g/mol. The van der Waals surface area contributed by atoms with E-state index in [2.05, 4.69) is 0 Å². The van der Waals surface area contributed by atoms with Gasteiger partial charge in [-0.2, -0.15) is 8.78 Å². The molecule has 1 saturated heterocycles. The number of halogens is 3. The quantitative estimate of drug-likeness (QED) is 0.841. The van der Waals surface area contributed by atoms with Gasteiger partial charge in [0.05, 0.1) is 12.7 Å². The maximum absolute atomic E-state index is 13.4. The van der Waals surface area contributed by atoms with Crippen LogP contribution in [0.15, 0.2) is 35.2 Å². The summed E-state index contributed by atoms with van der Waals surface area (Å²) in [6.07, 6.45) is -2.98. The van der Waals surface area contributed by atoms with Crippen molar-refractivity contribution in [2.24, 2.45) is 5.92 Å². The molecule has 0 unspecified atom stereocenters. The molecule has 1 aliphatic rings. The van der Waals surface area contributed by atoms with Gasteiger partial charge in [0.25, 0.3) is 0 Å². The average Bonchev–Trinajstić information content (AvgIpc) is 2.34. The summed E-state index contributed by atoms with van der Waals surface area (Å²) in [7, 11) is 0. The Morgan fingerprint density at radius 2 is 1.89 bits per heavy atom. The Kier molecular flexibility index (Phi) is 4.68. The van der Waals surface area contributed by atoms with Crippen LogP contribution in [-0.2, 0) is 4.74 Å². The standard InChI is InChI=1S/C12H13ClF2O3S/c13-12(14,15)9-10(17)8(16)6-18-11(9)19-7-4-2-1-3-5-7/h1-5,8-11,16-17H,6H2/t8-,9+,10-,11-/m1/s1. The Morgan fingerprint density at radius 3 is 2.47 bits per heavy atom. The molecule has 1 aliphatic heterocycles. The Labute approximate surface area is 118 Å². The van der Waals surface area contributed by atoms with E-state index in [1.165, 1.54) is 0 Å². The lowest BCUT2D eigenvalue weighted by molar-refractivity contribution is -0.177. The molecule has 0 saturated carbocycles. The van der Waals surface area contributed by atoms with E-state index in [4.69, 9.17) is 16.3 Å². The fourth-order valence-corrected chi connectivity index (χ4v) is 3.41. The zero-order valence-corrected chi connectivity index (χ0v) is 11.3. The van der Waals surface area contributed by atoms with Gasteiger partial charge in [0.1, 0.15) is 17.5 Å². The van der Waals surface area contributed by atoms with Crippen molar-refractivity contribution >= 4 is 23.4 Å². The van der Waals surface area contributed by atoms with Crippen molar-refractivity contribution in [3.8, 4) is 0 Å². The predicted octanol–water partition coefficient (Wildman–Crippen LogP) is 2.30. The Morgan fingerprint density at radius 1 is 1.26 bits per heavy atom. The van der Waals surface area contributed by atoms with E-state index in [0.29, 0.717) is 0 Å². The first-order valence-electron chi connectivity index (χ1n) is 5.66. The molecule has 106 valence electrons. The van der Waals surface area contributed by atoms with Gasteiger partial charge < -0.3 is 14.9 Å². The molecule has 1 heterocycles. The van der Waals surface area contributed by atoms with Crippen LogP contribution in [0.4, 0.5) is 8.78 Å². The van der Waals surface area contributed by atoms with Crippen molar-refractivity contribution in [2.45, 2.75) is 27.9 Å². The topological polar surface area (TPSA) is 49.7 Å². The zero-order valence-electron chi connectivity index (χ0n) is 9.75. The van der Waals surface area contributed by atoms with Crippen LogP contribution >= 0.6 is 23.4 Å². The lowest BCUT2D eigenvalue weighted by atomic mass is 9.96. The van der Waals surface area contributed by atoms with Crippen LogP contribution in [0, 0.1) is 5.92 Å². The summed E-state index contributed by atoms with van der Waals surface area (Å²) in [5, 5.41) is 15.5. The number of aliphatic hydroxyl groups excluding tert-OH is 2. The first-order chi connectivity index (χ1) is 8.89. The largest absolute Gasteiger partial charge is 0.390 e. The number of hydrogen-bond acceptors (Lipinski definition) is 4. The van der Waals surface area contributed by atoms with E-state index in [-0.39, 0.29) is 6.61 Å². The van der Waals surface area contributed by atoms with Crippen LogP contribution in [0.5, 0.6) is 0 Å². The molecule has 1 fully saturated rings. The van der Waals surface area contributed by atoms with Crippen LogP contribution in [0.3, 0.4) is 0 Å². The number of thioether (sulfide) groups is 1. The second-order valence-corrected chi connectivity index (χ2v) is 5.93. The van der Waals surface area contributed by atoms with Crippen molar-refractivity contribution in [1.29, 1.82) is 0 Å². The first kappa shape index (κ1) is 15.0. The molecule has 3 nitrogen and oxygen atoms in total. The number of rotatable bonds is 3. The maximum Gasteiger partial charge on any atom is 0.330 e. The van der Waals surface area contributed by atoms with Crippen LogP contribution in [0.1, 0.15) is 0 Å². The van der Waals surface area contributed by atoms with E-state index in [0.717, 1.165) is 16.7 Å². The molecular formula is C12H13ClF2O3S. The highest BCUT2D eigenvalue weighted by atomic mass is 35.5. The normalized spacial score (nSPS) is 32.3. The number of alkyl halides is 3. The smallest absolute Gasteiger partial charge is 0.330 e. The van der Waals surface area contributed by atoms with Gasteiger partial charge in [-0.15, -0.1) is 0 Å². The van der Waals surface area contributed by atoms with Crippen molar-refractivity contribution in [3.05, 3.63) is 30.3 Å². The summed E-state index contributed by atoms with van der Waals surface area (Å²) in [5.74, 6) is -1.68. The first-order valence-corrected chi connectivity index (χ1v) is 6.91. The highest BCUT2D eigenvalue weighted by molar-refractivity contribution is 7.99. The van der Waals surface area contributed by atoms with Gasteiger partial charge >= 0.3 is 5.38 Å². The second kappa shape index (κ2) is 5.93. The maximum atomic E-state index is 13.4. The van der Waals surface area contributed by atoms with Gasteiger partial charge in [0.15, 0.2) is 0 Å². The SMILES string of the molecule is O[C@H]1[C@H](C(F)(F)Cl)[C@@H](Sc2ccccc2)OC[C@H]1O. The third-order valence-corrected chi connectivity index (χ3v) is 4.32. The third kappa shape index (κ3) is 3.58. The van der Waals surface area contributed by atoms with Crippen LogP contribution in [0.25, 0.3) is 0 Å². The molecule has 2 rings (SSSR count). The van der Waals surface area contributed by atoms with E-state index in [1.807, 2.05) is 0 Å². The fraction of sp³-hybridized carbons (Fsp3) is 0.500. The molecule has 2 N–H and O–H groups in total. The van der Waals surface area contributed by atoms with Gasteiger partial charge in [-0.05, 0) is 23.7 Å². The molecular weight excluding hydrogens is 298 g/mol. The molecule has 0 amide bonds. The van der Waals surface area contributed by atoms with E-state index < -0.39 is 28.9 Å². The van der Waals surface area contributed by atoms with Crippen molar-refractivity contribution in [2.75, 3.05) is 6.61 Å². The summed E-state index contributed by atoms with van der Waals surface area (Å²) in [6.45, 7) is -0.199. The van der Waals surface area contributed by atoms with Crippen LogP contribution in [0.2, 0.25) is 0 Å². The van der Waals surface area contributed by atoms with Gasteiger partial charge in [0, 0.05) is 4.90 Å². The molecule has 7 heteroatoms. The molecule has 1 aromatic carbocycles. The monoisotopic (exact) mass is 310 g/mol. The lowest BCUT2D eigenvalue weighted by Gasteiger charge is -2.39. The van der Waals surface area contributed by atoms with Crippen LogP contribution < -0.4 is 0 Å². The minimum atomic E-state index is -3.66. The highest BCUT2D eigenvalue weighted by Gasteiger charge is 2.52. The molecule has 0 radical (unpaired) electrons. The van der Waals surface area contributed by atoms with E-state index in [9.17, 15) is 19.0 Å². The third-order valence-electron chi connectivity index (χ3n) is 2.86. The molecule has 0 aromatic heterocycles. The van der Waals surface area contributed by atoms with Crippen molar-refractivity contribution < 1.29 is 23.7 Å². The summed E-state index contributed by atoms with van der Waals surface area (Å²) in [5.41, 5.74) is -1.02. The van der Waals surface area contributed by atoms with Gasteiger partial charge in [-0.25, -0.2) is 0 Å². The summed E-state index contributed by atoms with van der Waals surface area (Å²) >= 11 is 6.08. The van der Waals surface area contributed by atoms with E-state index >= 15 is 0 Å². The number of ether oxygens (including phenoxy) is 1. The number of aliphatic hydroxyl groups is 2. The minimum Gasteiger partial charge on any atom is -0.390 e.